The molecule has 0 aliphatic rings. The third kappa shape index (κ3) is 6.71. The summed E-state index contributed by atoms with van der Waals surface area (Å²) in [6.07, 6.45) is -1.92. The monoisotopic (exact) mass is 389 g/mol. The number of aryl methyl sites for hydroxylation is 2. The molecule has 0 saturated heterocycles. The van der Waals surface area contributed by atoms with Gasteiger partial charge in [-0.25, -0.2) is 13.2 Å². The quantitative estimate of drug-likeness (QED) is 0.599. The van der Waals surface area contributed by atoms with Crippen LogP contribution in [-0.2, 0) is 19.4 Å². The van der Waals surface area contributed by atoms with Crippen LogP contribution in [0.5, 0.6) is 11.5 Å². The van der Waals surface area contributed by atoms with Crippen LogP contribution in [0.2, 0.25) is 0 Å². The molecule has 0 bridgehead atoms. The summed E-state index contributed by atoms with van der Waals surface area (Å²) in [6.45, 7) is -3.15. The van der Waals surface area contributed by atoms with Crippen LogP contribution < -0.4 is 15.2 Å². The number of hydrogen-bond acceptors (Lipinski definition) is 3. The molecular formula is C19H20F5NO2. The van der Waals surface area contributed by atoms with Crippen LogP contribution in [-0.4, -0.2) is 19.6 Å². The molecule has 0 amide bonds. The van der Waals surface area contributed by atoms with Crippen molar-refractivity contribution in [3.63, 3.8) is 0 Å². The van der Waals surface area contributed by atoms with E-state index in [0.717, 1.165) is 11.1 Å². The van der Waals surface area contributed by atoms with Crippen molar-refractivity contribution in [1.29, 1.82) is 0 Å². The molecule has 0 aliphatic carbocycles. The van der Waals surface area contributed by atoms with Gasteiger partial charge >= 0.3 is 6.61 Å². The fraction of sp³-hybridized carbons (Fsp3) is 0.368. The Bertz CT molecular complexity index is 740. The van der Waals surface area contributed by atoms with Gasteiger partial charge < -0.3 is 15.2 Å². The van der Waals surface area contributed by atoms with Crippen LogP contribution in [0, 0.1) is 5.82 Å². The number of ether oxygens (including phenoxy) is 2. The largest absolute Gasteiger partial charge is 0.490 e. The van der Waals surface area contributed by atoms with E-state index < -0.39 is 25.3 Å². The van der Waals surface area contributed by atoms with Gasteiger partial charge in [-0.15, -0.1) is 0 Å². The van der Waals surface area contributed by atoms with Crippen molar-refractivity contribution in [3.8, 4) is 11.5 Å². The highest BCUT2D eigenvalue weighted by atomic mass is 19.3. The van der Waals surface area contributed by atoms with Gasteiger partial charge in [0, 0.05) is 18.5 Å². The molecule has 0 aromatic heterocycles. The molecule has 0 unspecified atom stereocenters. The summed E-state index contributed by atoms with van der Waals surface area (Å²) in [5.41, 5.74) is 7.64. The van der Waals surface area contributed by atoms with Crippen LogP contribution >= 0.6 is 0 Å². The fourth-order valence-corrected chi connectivity index (χ4v) is 2.52. The average molecular weight is 389 g/mol. The maximum atomic E-state index is 13.7. The smallest absolute Gasteiger partial charge is 0.387 e. The summed E-state index contributed by atoms with van der Waals surface area (Å²) in [7, 11) is 0. The number of alkyl halides is 4. The SMILES string of the molecule is NCc1cc(CCc2ccc(F)c(OCCC(F)F)c2)ccc1OC(F)F. The van der Waals surface area contributed by atoms with Crippen molar-refractivity contribution >= 4 is 0 Å². The third-order valence-corrected chi connectivity index (χ3v) is 3.85. The lowest BCUT2D eigenvalue weighted by Crippen LogP contribution is -2.07. The van der Waals surface area contributed by atoms with Gasteiger partial charge in [-0.2, -0.15) is 8.78 Å². The lowest BCUT2D eigenvalue weighted by Gasteiger charge is -2.12. The molecule has 0 heterocycles. The zero-order chi connectivity index (χ0) is 19.8. The normalized spacial score (nSPS) is 11.3. The van der Waals surface area contributed by atoms with E-state index in [1.165, 1.54) is 18.2 Å². The van der Waals surface area contributed by atoms with Gasteiger partial charge in [-0.3, -0.25) is 0 Å². The molecule has 8 heteroatoms. The second-order valence-corrected chi connectivity index (χ2v) is 5.82. The molecule has 3 nitrogen and oxygen atoms in total. The van der Waals surface area contributed by atoms with Crippen molar-refractivity contribution in [2.75, 3.05) is 6.61 Å². The first-order chi connectivity index (χ1) is 12.9. The summed E-state index contributed by atoms with van der Waals surface area (Å²) in [6, 6.07) is 9.04. The molecule has 0 atom stereocenters. The summed E-state index contributed by atoms with van der Waals surface area (Å²) in [4.78, 5) is 0. The lowest BCUT2D eigenvalue weighted by molar-refractivity contribution is -0.0504. The zero-order valence-electron chi connectivity index (χ0n) is 14.4. The van der Waals surface area contributed by atoms with E-state index in [9.17, 15) is 22.0 Å². The van der Waals surface area contributed by atoms with Crippen LogP contribution in [0.3, 0.4) is 0 Å². The second kappa shape index (κ2) is 10.1. The number of nitrogens with two attached hydrogens (primary N) is 1. The summed E-state index contributed by atoms with van der Waals surface area (Å²) >= 11 is 0. The molecule has 27 heavy (non-hydrogen) atoms. The van der Waals surface area contributed by atoms with E-state index in [1.807, 2.05) is 0 Å². The van der Waals surface area contributed by atoms with E-state index in [-0.39, 0.29) is 24.7 Å². The zero-order valence-corrected chi connectivity index (χ0v) is 14.4. The van der Waals surface area contributed by atoms with Crippen molar-refractivity contribution < 1.29 is 31.4 Å². The van der Waals surface area contributed by atoms with Gasteiger partial charge in [0.2, 0.25) is 6.43 Å². The van der Waals surface area contributed by atoms with Gasteiger partial charge in [0.05, 0.1) is 6.61 Å². The Morgan fingerprint density at radius 3 is 2.19 bits per heavy atom. The third-order valence-electron chi connectivity index (χ3n) is 3.85. The summed E-state index contributed by atoms with van der Waals surface area (Å²) < 4.78 is 72.2. The molecule has 2 rings (SSSR count). The van der Waals surface area contributed by atoms with Gasteiger partial charge in [-0.1, -0.05) is 18.2 Å². The Morgan fingerprint density at radius 2 is 1.56 bits per heavy atom. The Balaban J connectivity index is 2.01. The van der Waals surface area contributed by atoms with Gasteiger partial charge in [0.25, 0.3) is 0 Å². The fourth-order valence-electron chi connectivity index (χ4n) is 2.52. The van der Waals surface area contributed by atoms with E-state index in [4.69, 9.17) is 10.5 Å². The minimum Gasteiger partial charge on any atom is -0.490 e. The predicted octanol–water partition coefficient (Wildman–Crippen LogP) is 4.71. The standard InChI is InChI=1S/C19H20F5NO2/c20-15-5-3-13(10-17(15)26-8-7-18(21)22)2-1-12-4-6-16(27-19(23)24)14(9-12)11-25/h3-6,9-10,18-19H,1-2,7-8,11,25H2. The van der Waals surface area contributed by atoms with Crippen LogP contribution in [0.1, 0.15) is 23.1 Å². The van der Waals surface area contributed by atoms with Crippen molar-refractivity contribution in [2.45, 2.75) is 38.8 Å². The first-order valence-corrected chi connectivity index (χ1v) is 8.35. The highest BCUT2D eigenvalue weighted by molar-refractivity contribution is 5.38. The van der Waals surface area contributed by atoms with Gasteiger partial charge in [0.15, 0.2) is 11.6 Å². The number of rotatable bonds is 10. The molecular weight excluding hydrogens is 369 g/mol. The molecule has 0 fully saturated rings. The molecule has 2 aromatic carbocycles. The minimum atomic E-state index is -2.93. The van der Waals surface area contributed by atoms with Gasteiger partial charge in [0.1, 0.15) is 5.75 Å². The summed E-state index contributed by atoms with van der Waals surface area (Å²) in [5.74, 6) is -0.656. The Labute approximate surface area is 153 Å². The van der Waals surface area contributed by atoms with Crippen molar-refractivity contribution in [2.24, 2.45) is 5.73 Å². The highest BCUT2D eigenvalue weighted by Gasteiger charge is 2.11. The maximum Gasteiger partial charge on any atom is 0.387 e. The predicted molar refractivity (Wildman–Crippen MR) is 90.9 cm³/mol. The lowest BCUT2D eigenvalue weighted by atomic mass is 10.0. The van der Waals surface area contributed by atoms with Crippen LogP contribution in [0.15, 0.2) is 36.4 Å². The first kappa shape index (κ1) is 21.0. The van der Waals surface area contributed by atoms with E-state index >= 15 is 0 Å². The van der Waals surface area contributed by atoms with E-state index in [2.05, 4.69) is 4.74 Å². The molecule has 0 spiro atoms. The Hall–Kier alpha value is -2.35. The van der Waals surface area contributed by atoms with Crippen LogP contribution in [0.25, 0.3) is 0 Å². The number of hydrogen-bond donors (Lipinski definition) is 1. The molecule has 148 valence electrons. The number of halogens is 5. The second-order valence-electron chi connectivity index (χ2n) is 5.82. The first-order valence-electron chi connectivity index (χ1n) is 8.35. The average Bonchev–Trinajstić information content (AvgIpc) is 2.62. The van der Waals surface area contributed by atoms with Gasteiger partial charge in [-0.05, 0) is 42.2 Å². The molecule has 2 N–H and O–H groups in total. The molecule has 0 saturated carbocycles. The topological polar surface area (TPSA) is 44.5 Å². The van der Waals surface area contributed by atoms with Crippen molar-refractivity contribution in [3.05, 3.63) is 58.9 Å². The molecule has 2 aromatic rings. The van der Waals surface area contributed by atoms with Crippen LogP contribution in [0.4, 0.5) is 22.0 Å². The maximum absolute atomic E-state index is 13.7. The number of benzene rings is 2. The summed E-state index contributed by atoms with van der Waals surface area (Å²) in [5, 5.41) is 0. The van der Waals surface area contributed by atoms with Crippen molar-refractivity contribution in [1.82, 2.24) is 0 Å². The molecule has 0 radical (unpaired) electrons. The Morgan fingerprint density at radius 1 is 0.889 bits per heavy atom. The molecule has 0 aliphatic heterocycles. The Kier molecular flexibility index (Phi) is 7.84. The highest BCUT2D eigenvalue weighted by Crippen LogP contribution is 2.24. The van der Waals surface area contributed by atoms with E-state index in [1.54, 1.807) is 18.2 Å². The van der Waals surface area contributed by atoms with E-state index in [0.29, 0.717) is 18.4 Å². The minimum absolute atomic E-state index is 0.0350.